The smallest absolute Gasteiger partial charge is 0.252 e. The van der Waals surface area contributed by atoms with Gasteiger partial charge in [-0.2, -0.15) is 0 Å². The molecule has 0 saturated heterocycles. The van der Waals surface area contributed by atoms with Crippen molar-refractivity contribution in [2.24, 2.45) is 0 Å². The highest BCUT2D eigenvalue weighted by atomic mass is 35.5. The highest BCUT2D eigenvalue weighted by Crippen LogP contribution is 2.21. The van der Waals surface area contributed by atoms with Crippen LogP contribution in [0.15, 0.2) is 42.5 Å². The summed E-state index contributed by atoms with van der Waals surface area (Å²) in [6.07, 6.45) is 7.49. The van der Waals surface area contributed by atoms with Crippen molar-refractivity contribution in [1.82, 2.24) is 5.32 Å². The molecule has 1 rings (SSSR count). The Morgan fingerprint density at radius 1 is 1.29 bits per heavy atom. The SMILES string of the molecule is C/C=C/C=C/C(=O)Nc1ccc(C(=O)NCCC)c(Cl)c1. The molecule has 0 fully saturated rings. The van der Waals surface area contributed by atoms with Crippen molar-refractivity contribution in [3.8, 4) is 0 Å². The van der Waals surface area contributed by atoms with Gasteiger partial charge in [0, 0.05) is 18.3 Å². The van der Waals surface area contributed by atoms with E-state index in [0.717, 1.165) is 6.42 Å². The lowest BCUT2D eigenvalue weighted by atomic mass is 10.2. The lowest BCUT2D eigenvalue weighted by Gasteiger charge is -2.08. The van der Waals surface area contributed by atoms with Gasteiger partial charge in [0.05, 0.1) is 10.6 Å². The van der Waals surface area contributed by atoms with E-state index in [-0.39, 0.29) is 11.8 Å². The van der Waals surface area contributed by atoms with E-state index in [1.807, 2.05) is 19.9 Å². The second-order valence-corrected chi connectivity index (χ2v) is 4.73. The Bertz CT molecular complexity index is 565. The van der Waals surface area contributed by atoms with Crippen molar-refractivity contribution in [3.05, 3.63) is 53.1 Å². The predicted octanol–water partition coefficient (Wildman–Crippen LogP) is 3.55. The van der Waals surface area contributed by atoms with Gasteiger partial charge in [-0.05, 0) is 31.5 Å². The molecule has 0 heterocycles. The summed E-state index contributed by atoms with van der Waals surface area (Å²) in [6.45, 7) is 4.44. The Labute approximate surface area is 129 Å². The Balaban J connectivity index is 2.73. The van der Waals surface area contributed by atoms with Crippen molar-refractivity contribution in [2.45, 2.75) is 20.3 Å². The zero-order chi connectivity index (χ0) is 15.7. The van der Waals surface area contributed by atoms with E-state index < -0.39 is 0 Å². The number of rotatable bonds is 6. The van der Waals surface area contributed by atoms with E-state index in [2.05, 4.69) is 10.6 Å². The zero-order valence-electron chi connectivity index (χ0n) is 12.2. The molecule has 0 aromatic heterocycles. The molecule has 5 heteroatoms. The number of amides is 2. The molecule has 0 aliphatic rings. The number of halogens is 1. The van der Waals surface area contributed by atoms with Crippen LogP contribution in [0.5, 0.6) is 0 Å². The number of carbonyl (C=O) groups excluding carboxylic acids is 2. The molecule has 0 saturated carbocycles. The maximum Gasteiger partial charge on any atom is 0.252 e. The first-order chi connectivity index (χ1) is 10.1. The normalized spacial score (nSPS) is 11.0. The first kappa shape index (κ1) is 17.0. The third-order valence-electron chi connectivity index (χ3n) is 2.57. The van der Waals surface area contributed by atoms with Gasteiger partial charge in [-0.1, -0.05) is 36.8 Å². The van der Waals surface area contributed by atoms with E-state index in [1.165, 1.54) is 6.08 Å². The monoisotopic (exact) mass is 306 g/mol. The van der Waals surface area contributed by atoms with Crippen LogP contribution in [0.4, 0.5) is 5.69 Å². The number of hydrogen-bond acceptors (Lipinski definition) is 2. The zero-order valence-corrected chi connectivity index (χ0v) is 12.9. The van der Waals surface area contributed by atoms with Gasteiger partial charge in [-0.3, -0.25) is 9.59 Å². The van der Waals surface area contributed by atoms with Crippen molar-refractivity contribution >= 4 is 29.1 Å². The Hall–Kier alpha value is -2.07. The van der Waals surface area contributed by atoms with Gasteiger partial charge in [0.1, 0.15) is 0 Å². The van der Waals surface area contributed by atoms with Crippen LogP contribution in [0.3, 0.4) is 0 Å². The summed E-state index contributed by atoms with van der Waals surface area (Å²) in [5, 5.41) is 5.73. The van der Waals surface area contributed by atoms with Crippen LogP contribution in [-0.2, 0) is 4.79 Å². The van der Waals surface area contributed by atoms with Crippen LogP contribution in [0.25, 0.3) is 0 Å². The Morgan fingerprint density at radius 3 is 2.67 bits per heavy atom. The number of anilines is 1. The number of allylic oxidation sites excluding steroid dienone is 3. The summed E-state index contributed by atoms with van der Waals surface area (Å²) in [5.74, 6) is -0.472. The first-order valence-electron chi connectivity index (χ1n) is 6.76. The Morgan fingerprint density at radius 2 is 2.05 bits per heavy atom. The average molecular weight is 307 g/mol. The fourth-order valence-corrected chi connectivity index (χ4v) is 1.82. The quantitative estimate of drug-likeness (QED) is 0.624. The van der Waals surface area contributed by atoms with Crippen molar-refractivity contribution in [3.63, 3.8) is 0 Å². The second kappa shape index (κ2) is 8.97. The summed E-state index contributed by atoms with van der Waals surface area (Å²) in [4.78, 5) is 23.4. The lowest BCUT2D eigenvalue weighted by Crippen LogP contribution is -2.24. The standard InChI is InChI=1S/C16H19ClN2O2/c1-3-5-6-7-15(20)19-12-8-9-13(14(17)11-12)16(21)18-10-4-2/h3,5-9,11H,4,10H2,1-2H3,(H,18,21)(H,19,20)/b5-3+,7-6+. The lowest BCUT2D eigenvalue weighted by molar-refractivity contribution is -0.111. The van der Waals surface area contributed by atoms with E-state index in [4.69, 9.17) is 11.6 Å². The Kier molecular flexibility index (Phi) is 7.26. The maximum atomic E-state index is 11.8. The molecule has 2 N–H and O–H groups in total. The highest BCUT2D eigenvalue weighted by Gasteiger charge is 2.10. The fraction of sp³-hybridized carbons (Fsp3) is 0.250. The van der Waals surface area contributed by atoms with E-state index in [0.29, 0.717) is 22.8 Å². The van der Waals surface area contributed by atoms with Gasteiger partial charge in [-0.25, -0.2) is 0 Å². The van der Waals surface area contributed by atoms with Crippen LogP contribution in [-0.4, -0.2) is 18.4 Å². The topological polar surface area (TPSA) is 58.2 Å². The predicted molar refractivity (Wildman–Crippen MR) is 86.7 cm³/mol. The summed E-state index contributed by atoms with van der Waals surface area (Å²) in [5.41, 5.74) is 0.940. The summed E-state index contributed by atoms with van der Waals surface area (Å²) in [6, 6.07) is 4.80. The molecule has 0 bridgehead atoms. The maximum absolute atomic E-state index is 11.8. The molecular weight excluding hydrogens is 288 g/mol. The van der Waals surface area contributed by atoms with Crippen LogP contribution in [0.2, 0.25) is 5.02 Å². The molecule has 0 aliphatic heterocycles. The van der Waals surface area contributed by atoms with E-state index in [1.54, 1.807) is 30.4 Å². The van der Waals surface area contributed by atoms with Gasteiger partial charge >= 0.3 is 0 Å². The molecule has 112 valence electrons. The fourth-order valence-electron chi connectivity index (χ4n) is 1.55. The summed E-state index contributed by atoms with van der Waals surface area (Å²) < 4.78 is 0. The van der Waals surface area contributed by atoms with Crippen molar-refractivity contribution < 1.29 is 9.59 Å². The molecule has 4 nitrogen and oxygen atoms in total. The molecule has 0 atom stereocenters. The molecule has 1 aromatic rings. The van der Waals surface area contributed by atoms with Crippen LogP contribution >= 0.6 is 11.6 Å². The van der Waals surface area contributed by atoms with Gasteiger partial charge in [0.25, 0.3) is 5.91 Å². The van der Waals surface area contributed by atoms with Gasteiger partial charge in [0.15, 0.2) is 0 Å². The van der Waals surface area contributed by atoms with Gasteiger partial charge in [-0.15, -0.1) is 0 Å². The third-order valence-corrected chi connectivity index (χ3v) is 2.88. The summed E-state index contributed by atoms with van der Waals surface area (Å²) >= 11 is 6.07. The molecule has 2 amide bonds. The molecule has 0 aliphatic carbocycles. The minimum absolute atomic E-state index is 0.215. The molecule has 0 radical (unpaired) electrons. The minimum Gasteiger partial charge on any atom is -0.352 e. The molecule has 0 unspecified atom stereocenters. The third kappa shape index (κ3) is 5.83. The van der Waals surface area contributed by atoms with Crippen LogP contribution < -0.4 is 10.6 Å². The largest absolute Gasteiger partial charge is 0.352 e. The number of nitrogens with one attached hydrogen (secondary N) is 2. The van der Waals surface area contributed by atoms with Crippen molar-refractivity contribution in [1.29, 1.82) is 0 Å². The number of benzene rings is 1. The molecular formula is C16H19ClN2O2. The average Bonchev–Trinajstić information content (AvgIpc) is 2.45. The number of carbonyl (C=O) groups is 2. The second-order valence-electron chi connectivity index (χ2n) is 4.32. The minimum atomic E-state index is -0.257. The highest BCUT2D eigenvalue weighted by molar-refractivity contribution is 6.34. The van der Waals surface area contributed by atoms with Crippen LogP contribution in [0.1, 0.15) is 30.6 Å². The van der Waals surface area contributed by atoms with Gasteiger partial charge in [0.2, 0.25) is 5.91 Å². The van der Waals surface area contributed by atoms with Crippen LogP contribution in [0, 0.1) is 0 Å². The molecule has 1 aromatic carbocycles. The summed E-state index contributed by atoms with van der Waals surface area (Å²) in [7, 11) is 0. The van der Waals surface area contributed by atoms with E-state index in [9.17, 15) is 9.59 Å². The van der Waals surface area contributed by atoms with Gasteiger partial charge < -0.3 is 10.6 Å². The van der Waals surface area contributed by atoms with Crippen molar-refractivity contribution in [2.75, 3.05) is 11.9 Å². The molecule has 21 heavy (non-hydrogen) atoms. The number of hydrogen-bond donors (Lipinski definition) is 2. The van der Waals surface area contributed by atoms with E-state index >= 15 is 0 Å². The first-order valence-corrected chi connectivity index (χ1v) is 7.14. The molecule has 0 spiro atoms.